The van der Waals surface area contributed by atoms with E-state index in [1.54, 1.807) is 12.1 Å². The van der Waals surface area contributed by atoms with Gasteiger partial charge in [0.1, 0.15) is 0 Å². The number of nitro groups is 1. The Morgan fingerprint density at radius 2 is 2.18 bits per heavy atom. The van der Waals surface area contributed by atoms with Crippen LogP contribution in [0, 0.1) is 16.0 Å². The lowest BCUT2D eigenvalue weighted by molar-refractivity contribution is -0.389. The maximum atomic E-state index is 10.6. The summed E-state index contributed by atoms with van der Waals surface area (Å²) in [5.41, 5.74) is 0. The summed E-state index contributed by atoms with van der Waals surface area (Å²) in [5, 5.41) is 19.7. The van der Waals surface area contributed by atoms with Gasteiger partial charge in [-0.2, -0.15) is 0 Å². The van der Waals surface area contributed by atoms with Crippen molar-refractivity contribution >= 4 is 11.6 Å². The number of anilines is 1. The van der Waals surface area contributed by atoms with Crippen LogP contribution < -0.4 is 4.90 Å². The highest BCUT2D eigenvalue weighted by Gasteiger charge is 2.22. The first-order valence-electron chi connectivity index (χ1n) is 5.68. The smallest absolute Gasteiger partial charge is 0.365 e. The van der Waals surface area contributed by atoms with Gasteiger partial charge < -0.3 is 20.1 Å². The molecule has 92 valence electrons. The summed E-state index contributed by atoms with van der Waals surface area (Å²) in [4.78, 5) is 16.2. The van der Waals surface area contributed by atoms with E-state index in [1.807, 2.05) is 4.90 Å². The Morgan fingerprint density at radius 1 is 1.47 bits per heavy atom. The average molecular weight is 237 g/mol. The molecule has 2 rings (SSSR count). The van der Waals surface area contributed by atoms with Crippen molar-refractivity contribution in [1.29, 1.82) is 0 Å². The van der Waals surface area contributed by atoms with Crippen LogP contribution in [0.2, 0.25) is 0 Å². The van der Waals surface area contributed by atoms with Gasteiger partial charge in [-0.15, -0.1) is 0 Å². The molecule has 1 aromatic heterocycles. The van der Waals surface area contributed by atoms with Crippen LogP contribution in [-0.4, -0.2) is 34.7 Å². The van der Waals surface area contributed by atoms with E-state index in [2.05, 4.69) is 4.98 Å². The van der Waals surface area contributed by atoms with Crippen LogP contribution in [0.1, 0.15) is 12.8 Å². The Kier molecular flexibility index (Phi) is 3.53. The molecule has 1 aromatic rings. The zero-order valence-electron chi connectivity index (χ0n) is 9.45. The average Bonchev–Trinajstić information content (AvgIpc) is 2.39. The number of hydrogen-bond acceptors (Lipinski definition) is 5. The first-order chi connectivity index (χ1) is 8.20. The number of pyridine rings is 1. The Hall–Kier alpha value is -1.69. The minimum Gasteiger partial charge on any atom is -0.396 e. The van der Waals surface area contributed by atoms with Crippen molar-refractivity contribution < 1.29 is 10.0 Å². The lowest BCUT2D eigenvalue weighted by atomic mass is 9.98. The number of rotatable bonds is 3. The minimum absolute atomic E-state index is 0.119. The second-order valence-corrected chi connectivity index (χ2v) is 4.22. The van der Waals surface area contributed by atoms with Crippen LogP contribution in [0.5, 0.6) is 0 Å². The van der Waals surface area contributed by atoms with Gasteiger partial charge in [0, 0.05) is 31.8 Å². The number of nitrogens with zero attached hydrogens (tertiary/aromatic N) is 3. The fourth-order valence-corrected chi connectivity index (χ4v) is 2.03. The predicted molar refractivity (Wildman–Crippen MR) is 62.9 cm³/mol. The van der Waals surface area contributed by atoms with Crippen molar-refractivity contribution in [2.45, 2.75) is 12.8 Å². The summed E-state index contributed by atoms with van der Waals surface area (Å²) in [6, 6.07) is 4.83. The monoisotopic (exact) mass is 237 g/mol. The van der Waals surface area contributed by atoms with Gasteiger partial charge >= 0.3 is 5.82 Å². The molecule has 0 aliphatic carbocycles. The topological polar surface area (TPSA) is 79.5 Å². The van der Waals surface area contributed by atoms with Crippen molar-refractivity contribution in [3.8, 4) is 0 Å². The van der Waals surface area contributed by atoms with Crippen molar-refractivity contribution in [1.82, 2.24) is 4.98 Å². The van der Waals surface area contributed by atoms with E-state index in [4.69, 9.17) is 5.11 Å². The molecule has 6 nitrogen and oxygen atoms in total. The molecule has 1 saturated heterocycles. The molecule has 1 aliphatic rings. The second kappa shape index (κ2) is 5.09. The van der Waals surface area contributed by atoms with Gasteiger partial charge in [-0.05, 0) is 34.7 Å². The third-order valence-electron chi connectivity index (χ3n) is 3.10. The van der Waals surface area contributed by atoms with Gasteiger partial charge in [0.15, 0.2) is 0 Å². The molecule has 0 amide bonds. The van der Waals surface area contributed by atoms with Crippen molar-refractivity contribution in [3.05, 3.63) is 28.3 Å². The summed E-state index contributed by atoms with van der Waals surface area (Å²) in [5.74, 6) is 0.882. The van der Waals surface area contributed by atoms with Crippen LogP contribution in [-0.2, 0) is 0 Å². The van der Waals surface area contributed by atoms with Gasteiger partial charge in [-0.25, -0.2) is 0 Å². The largest absolute Gasteiger partial charge is 0.396 e. The van der Waals surface area contributed by atoms with E-state index < -0.39 is 4.92 Å². The van der Waals surface area contributed by atoms with Gasteiger partial charge in [0.05, 0.1) is 0 Å². The molecule has 17 heavy (non-hydrogen) atoms. The number of aliphatic hydroxyl groups is 1. The standard InChI is InChI=1S/C11H15N3O3/c15-8-9-4-6-13(7-5-9)10-2-1-3-11(12-10)14(16)17/h1-3,9,15H,4-8H2. The second-order valence-electron chi connectivity index (χ2n) is 4.22. The van der Waals surface area contributed by atoms with Crippen molar-refractivity contribution in [2.24, 2.45) is 5.92 Å². The van der Waals surface area contributed by atoms with Gasteiger partial charge in [0.25, 0.3) is 0 Å². The zero-order chi connectivity index (χ0) is 12.3. The van der Waals surface area contributed by atoms with E-state index >= 15 is 0 Å². The first kappa shape index (κ1) is 11.8. The molecule has 0 radical (unpaired) electrons. The highest BCUT2D eigenvalue weighted by molar-refractivity contribution is 5.42. The fraction of sp³-hybridized carbons (Fsp3) is 0.545. The highest BCUT2D eigenvalue weighted by atomic mass is 16.6. The third-order valence-corrected chi connectivity index (χ3v) is 3.10. The van der Waals surface area contributed by atoms with Gasteiger partial charge in [0.2, 0.25) is 5.82 Å². The number of hydrogen-bond donors (Lipinski definition) is 1. The Labute approximate surface area is 99.0 Å². The molecule has 0 unspecified atom stereocenters. The molecule has 1 aliphatic heterocycles. The number of piperidine rings is 1. The molecule has 0 saturated carbocycles. The van der Waals surface area contributed by atoms with Gasteiger partial charge in [-0.3, -0.25) is 0 Å². The molecule has 6 heteroatoms. The van der Waals surface area contributed by atoms with Crippen LogP contribution in [0.25, 0.3) is 0 Å². The number of aromatic nitrogens is 1. The normalized spacial score (nSPS) is 17.1. The number of aliphatic hydroxyl groups excluding tert-OH is 1. The first-order valence-corrected chi connectivity index (χ1v) is 5.68. The quantitative estimate of drug-likeness (QED) is 0.631. The lowest BCUT2D eigenvalue weighted by Crippen LogP contribution is -2.35. The van der Waals surface area contributed by atoms with Crippen LogP contribution >= 0.6 is 0 Å². The summed E-state index contributed by atoms with van der Waals surface area (Å²) in [6.45, 7) is 1.80. The summed E-state index contributed by atoms with van der Waals surface area (Å²) < 4.78 is 0. The maximum Gasteiger partial charge on any atom is 0.365 e. The van der Waals surface area contributed by atoms with Crippen molar-refractivity contribution in [3.63, 3.8) is 0 Å². The van der Waals surface area contributed by atoms with Gasteiger partial charge in [-0.1, -0.05) is 0 Å². The maximum absolute atomic E-state index is 10.6. The molecule has 0 aromatic carbocycles. The summed E-state index contributed by atoms with van der Waals surface area (Å²) in [6.07, 6.45) is 1.81. The highest BCUT2D eigenvalue weighted by Crippen LogP contribution is 2.22. The SMILES string of the molecule is O=[N+]([O-])c1cccc(N2CCC(CO)CC2)n1. The molecule has 1 N–H and O–H groups in total. The zero-order valence-corrected chi connectivity index (χ0v) is 9.45. The lowest BCUT2D eigenvalue weighted by Gasteiger charge is -2.29. The Balaban J connectivity index is 2.08. The predicted octanol–water partition coefficient (Wildman–Crippen LogP) is 1.20. The summed E-state index contributed by atoms with van der Waals surface area (Å²) in [7, 11) is 0. The molecular formula is C11H15N3O3. The molecule has 0 spiro atoms. The molecule has 2 heterocycles. The third kappa shape index (κ3) is 2.71. The van der Waals surface area contributed by atoms with E-state index in [-0.39, 0.29) is 12.4 Å². The van der Waals surface area contributed by atoms with E-state index in [0.29, 0.717) is 11.7 Å². The molecular weight excluding hydrogens is 222 g/mol. The molecule has 0 atom stereocenters. The minimum atomic E-state index is -0.482. The fourth-order valence-electron chi connectivity index (χ4n) is 2.03. The van der Waals surface area contributed by atoms with Crippen molar-refractivity contribution in [2.75, 3.05) is 24.6 Å². The molecule has 0 bridgehead atoms. The Bertz CT molecular complexity index is 403. The van der Waals surface area contributed by atoms with E-state index in [1.165, 1.54) is 6.07 Å². The van der Waals surface area contributed by atoms with E-state index in [0.717, 1.165) is 25.9 Å². The van der Waals surface area contributed by atoms with E-state index in [9.17, 15) is 10.1 Å². The van der Waals surface area contributed by atoms with Crippen LogP contribution in [0.15, 0.2) is 18.2 Å². The van der Waals surface area contributed by atoms with Crippen LogP contribution in [0.3, 0.4) is 0 Å². The molecule has 1 fully saturated rings. The Morgan fingerprint density at radius 3 is 2.76 bits per heavy atom. The summed E-state index contributed by atoms with van der Waals surface area (Å²) >= 11 is 0. The van der Waals surface area contributed by atoms with Crippen LogP contribution in [0.4, 0.5) is 11.6 Å².